The van der Waals surface area contributed by atoms with Gasteiger partial charge in [-0.1, -0.05) is 5.92 Å². The Labute approximate surface area is 80.4 Å². The largest absolute Gasteiger partial charge is 0.353 e. The van der Waals surface area contributed by atoms with E-state index in [4.69, 9.17) is 9.47 Å². The second-order valence-corrected chi connectivity index (χ2v) is 1.99. The zero-order valence-corrected chi connectivity index (χ0v) is 8.79. The summed E-state index contributed by atoms with van der Waals surface area (Å²) in [6.07, 6.45) is 0.532. The quantitative estimate of drug-likeness (QED) is 0.380. The Balaban J connectivity index is 0. The number of ether oxygens (including phenoxy) is 2. The van der Waals surface area contributed by atoms with E-state index in [1.807, 2.05) is 20.8 Å². The summed E-state index contributed by atoms with van der Waals surface area (Å²) in [5.41, 5.74) is 0. The van der Waals surface area contributed by atoms with Crippen LogP contribution in [0, 0.1) is 11.8 Å². The minimum Gasteiger partial charge on any atom is -0.353 e. The van der Waals surface area contributed by atoms with Crippen molar-refractivity contribution in [1.82, 2.24) is 0 Å². The molecule has 0 atom stereocenters. The molecule has 0 radical (unpaired) electrons. The molecule has 0 bridgehead atoms. The van der Waals surface area contributed by atoms with Gasteiger partial charge in [-0.05, 0) is 33.6 Å². The molecule has 0 heterocycles. The van der Waals surface area contributed by atoms with Crippen LogP contribution in [0.15, 0.2) is 0 Å². The Morgan fingerprint density at radius 2 is 1.77 bits per heavy atom. The standard InChI is InChI=1S/C6H14O2.C4H4O/c1-4-7-6(3)8-5-2;1-2-3-4-5/h6H,4-5H2,1-3H3;4H,1H3. The van der Waals surface area contributed by atoms with E-state index in [0.29, 0.717) is 6.29 Å². The highest BCUT2D eigenvalue weighted by atomic mass is 16.7. The molecule has 13 heavy (non-hydrogen) atoms. The lowest BCUT2D eigenvalue weighted by Crippen LogP contribution is -2.11. The van der Waals surface area contributed by atoms with E-state index in [1.54, 1.807) is 6.92 Å². The summed E-state index contributed by atoms with van der Waals surface area (Å²) in [7, 11) is 0. The topological polar surface area (TPSA) is 35.5 Å². The van der Waals surface area contributed by atoms with Crippen LogP contribution in [0.5, 0.6) is 0 Å². The predicted molar refractivity (Wildman–Crippen MR) is 52.2 cm³/mol. The van der Waals surface area contributed by atoms with Crippen LogP contribution in [-0.4, -0.2) is 25.8 Å². The molecule has 0 rings (SSSR count). The van der Waals surface area contributed by atoms with E-state index in [2.05, 4.69) is 11.8 Å². The van der Waals surface area contributed by atoms with Crippen molar-refractivity contribution >= 4 is 6.29 Å². The van der Waals surface area contributed by atoms with Crippen LogP contribution >= 0.6 is 0 Å². The van der Waals surface area contributed by atoms with Gasteiger partial charge in [-0.15, -0.1) is 0 Å². The summed E-state index contributed by atoms with van der Waals surface area (Å²) in [5, 5.41) is 0. The molecule has 0 aliphatic rings. The summed E-state index contributed by atoms with van der Waals surface area (Å²) >= 11 is 0. The lowest BCUT2D eigenvalue weighted by Gasteiger charge is -2.09. The Bertz CT molecular complexity index is 149. The number of hydrogen-bond donors (Lipinski definition) is 0. The maximum Gasteiger partial charge on any atom is 0.192 e. The minimum absolute atomic E-state index is 0.0370. The van der Waals surface area contributed by atoms with Crippen molar-refractivity contribution in [1.29, 1.82) is 0 Å². The number of aldehydes is 1. The first-order valence-corrected chi connectivity index (χ1v) is 4.31. The summed E-state index contributed by atoms with van der Waals surface area (Å²) in [6.45, 7) is 8.87. The number of carbonyl (C=O) groups is 1. The first-order chi connectivity index (χ1) is 6.22. The van der Waals surface area contributed by atoms with Crippen molar-refractivity contribution in [2.24, 2.45) is 0 Å². The van der Waals surface area contributed by atoms with Crippen molar-refractivity contribution in [3.8, 4) is 11.8 Å². The molecule has 0 aromatic heterocycles. The molecule has 0 fully saturated rings. The van der Waals surface area contributed by atoms with Crippen LogP contribution in [0.2, 0.25) is 0 Å². The molecule has 0 N–H and O–H groups in total. The average Bonchev–Trinajstić information content (AvgIpc) is 2.08. The van der Waals surface area contributed by atoms with Gasteiger partial charge in [0, 0.05) is 13.2 Å². The van der Waals surface area contributed by atoms with Crippen LogP contribution in [0.25, 0.3) is 0 Å². The van der Waals surface area contributed by atoms with Crippen molar-refractivity contribution < 1.29 is 14.3 Å². The maximum absolute atomic E-state index is 9.23. The van der Waals surface area contributed by atoms with Gasteiger partial charge in [0.15, 0.2) is 12.6 Å². The predicted octanol–water partition coefficient (Wildman–Crippen LogP) is 1.61. The molecule has 3 nitrogen and oxygen atoms in total. The van der Waals surface area contributed by atoms with Gasteiger partial charge < -0.3 is 9.47 Å². The maximum atomic E-state index is 9.23. The van der Waals surface area contributed by atoms with Crippen LogP contribution in [0.1, 0.15) is 27.7 Å². The van der Waals surface area contributed by atoms with Gasteiger partial charge in [0.1, 0.15) is 0 Å². The van der Waals surface area contributed by atoms with Gasteiger partial charge in [-0.3, -0.25) is 4.79 Å². The van der Waals surface area contributed by atoms with E-state index in [-0.39, 0.29) is 6.29 Å². The highest BCUT2D eigenvalue weighted by molar-refractivity contribution is 5.72. The second kappa shape index (κ2) is 13.7. The van der Waals surface area contributed by atoms with Crippen molar-refractivity contribution in [3.05, 3.63) is 0 Å². The third-order valence-corrected chi connectivity index (χ3v) is 1.01. The number of rotatable bonds is 4. The van der Waals surface area contributed by atoms with Crippen LogP contribution in [-0.2, 0) is 14.3 Å². The molecule has 0 aliphatic carbocycles. The molecule has 0 spiro atoms. The van der Waals surface area contributed by atoms with Crippen LogP contribution in [0.3, 0.4) is 0 Å². The van der Waals surface area contributed by atoms with Crippen molar-refractivity contribution in [2.45, 2.75) is 34.0 Å². The number of hydrogen-bond acceptors (Lipinski definition) is 3. The second-order valence-electron chi connectivity index (χ2n) is 1.99. The molecule has 0 saturated heterocycles. The fourth-order valence-corrected chi connectivity index (χ4v) is 0.576. The van der Waals surface area contributed by atoms with Gasteiger partial charge >= 0.3 is 0 Å². The van der Waals surface area contributed by atoms with Gasteiger partial charge in [0.05, 0.1) is 0 Å². The molecule has 76 valence electrons. The average molecular weight is 186 g/mol. The van der Waals surface area contributed by atoms with E-state index in [1.165, 1.54) is 0 Å². The van der Waals surface area contributed by atoms with Gasteiger partial charge in [0.2, 0.25) is 0 Å². The van der Waals surface area contributed by atoms with Crippen LogP contribution < -0.4 is 0 Å². The molecule has 0 amide bonds. The zero-order valence-electron chi connectivity index (χ0n) is 8.79. The Morgan fingerprint density at radius 1 is 1.31 bits per heavy atom. The Hall–Kier alpha value is -0.850. The summed E-state index contributed by atoms with van der Waals surface area (Å²) in [4.78, 5) is 9.23. The smallest absolute Gasteiger partial charge is 0.192 e. The fraction of sp³-hybridized carbons (Fsp3) is 0.700. The summed E-state index contributed by atoms with van der Waals surface area (Å²) < 4.78 is 10.1. The van der Waals surface area contributed by atoms with Gasteiger partial charge in [0.25, 0.3) is 0 Å². The first kappa shape index (κ1) is 14.7. The molecule has 0 aromatic rings. The monoisotopic (exact) mass is 186 g/mol. The molecule has 0 unspecified atom stereocenters. The lowest BCUT2D eigenvalue weighted by atomic mass is 10.7. The van der Waals surface area contributed by atoms with Crippen LogP contribution in [0.4, 0.5) is 0 Å². The van der Waals surface area contributed by atoms with E-state index in [0.717, 1.165) is 13.2 Å². The molecule has 3 heteroatoms. The third-order valence-electron chi connectivity index (χ3n) is 1.01. The molecule has 0 aromatic carbocycles. The summed E-state index contributed by atoms with van der Waals surface area (Å²) in [6, 6.07) is 0. The fourth-order valence-electron chi connectivity index (χ4n) is 0.576. The number of carbonyl (C=O) groups excluding carboxylic acids is 1. The normalized spacial score (nSPS) is 8.08. The third kappa shape index (κ3) is 18.3. The van der Waals surface area contributed by atoms with E-state index < -0.39 is 0 Å². The van der Waals surface area contributed by atoms with Crippen molar-refractivity contribution in [3.63, 3.8) is 0 Å². The molecular formula is C10H18O3. The van der Waals surface area contributed by atoms with E-state index in [9.17, 15) is 4.79 Å². The van der Waals surface area contributed by atoms with E-state index >= 15 is 0 Å². The minimum atomic E-state index is -0.0370. The van der Waals surface area contributed by atoms with Gasteiger partial charge in [-0.25, -0.2) is 0 Å². The SMILES string of the molecule is CC#CC=O.CCOC(C)OCC. The first-order valence-electron chi connectivity index (χ1n) is 4.31. The molecule has 0 saturated carbocycles. The van der Waals surface area contributed by atoms with Gasteiger partial charge in [-0.2, -0.15) is 0 Å². The van der Waals surface area contributed by atoms with Crippen molar-refractivity contribution in [2.75, 3.05) is 13.2 Å². The Kier molecular flexibility index (Phi) is 15.5. The highest BCUT2D eigenvalue weighted by Crippen LogP contribution is 1.90. The molecular weight excluding hydrogens is 168 g/mol. The lowest BCUT2D eigenvalue weighted by molar-refractivity contribution is -0.123. The highest BCUT2D eigenvalue weighted by Gasteiger charge is 1.94. The summed E-state index contributed by atoms with van der Waals surface area (Å²) in [5.74, 6) is 4.58. The Morgan fingerprint density at radius 3 is 1.92 bits per heavy atom. The zero-order chi connectivity index (χ0) is 10.5. The molecule has 0 aliphatic heterocycles.